The number of amides is 2. The Morgan fingerprint density at radius 1 is 1.55 bits per heavy atom. The lowest BCUT2D eigenvalue weighted by atomic mass is 10.1. The number of rotatable bonds is 3. The Morgan fingerprint density at radius 2 is 2.20 bits per heavy atom. The Morgan fingerprint density at radius 3 is 2.70 bits per heavy atom. The van der Waals surface area contributed by atoms with E-state index in [-0.39, 0.29) is 17.8 Å². The highest BCUT2D eigenvalue weighted by molar-refractivity contribution is 5.84. The normalized spacial score (nSPS) is 15.3. The van der Waals surface area contributed by atoms with Gasteiger partial charge in [0.1, 0.15) is 0 Å². The molecular formula is C12H15N5O3. The van der Waals surface area contributed by atoms with Crippen molar-refractivity contribution in [1.82, 2.24) is 25.2 Å². The van der Waals surface area contributed by atoms with Crippen LogP contribution in [-0.4, -0.2) is 55.6 Å². The maximum absolute atomic E-state index is 11.9. The zero-order valence-corrected chi connectivity index (χ0v) is 11.2. The molecule has 0 unspecified atom stereocenters. The highest BCUT2D eigenvalue weighted by Crippen LogP contribution is 2.20. The molecule has 20 heavy (non-hydrogen) atoms. The smallest absolute Gasteiger partial charge is 0.358 e. The van der Waals surface area contributed by atoms with E-state index in [1.54, 1.807) is 18.7 Å². The first-order valence-corrected chi connectivity index (χ1v) is 6.02. The fourth-order valence-electron chi connectivity index (χ4n) is 1.72. The average molecular weight is 277 g/mol. The quantitative estimate of drug-likeness (QED) is 0.755. The van der Waals surface area contributed by atoms with Gasteiger partial charge in [-0.1, -0.05) is 11.1 Å². The Labute approximate surface area is 115 Å². The number of carbonyl (C=O) groups is 2. The van der Waals surface area contributed by atoms with Crippen LogP contribution in [0, 0.1) is 12.3 Å². The fourth-order valence-corrected chi connectivity index (χ4v) is 1.72. The van der Waals surface area contributed by atoms with Gasteiger partial charge in [-0.2, -0.15) is 0 Å². The molecule has 1 aliphatic heterocycles. The molecule has 0 aromatic carbocycles. The molecule has 0 bridgehead atoms. The van der Waals surface area contributed by atoms with Crippen molar-refractivity contribution in [3.05, 3.63) is 11.9 Å². The van der Waals surface area contributed by atoms with Crippen molar-refractivity contribution in [3.8, 4) is 12.3 Å². The van der Waals surface area contributed by atoms with Crippen molar-refractivity contribution < 1.29 is 14.7 Å². The molecule has 1 aromatic rings. The number of hydrogen-bond acceptors (Lipinski definition) is 4. The van der Waals surface area contributed by atoms with E-state index < -0.39 is 11.5 Å². The number of aromatic carboxylic acids is 1. The zero-order chi connectivity index (χ0) is 14.9. The summed E-state index contributed by atoms with van der Waals surface area (Å²) in [5, 5.41) is 18.7. The molecule has 1 fully saturated rings. The molecule has 2 amide bonds. The summed E-state index contributed by atoms with van der Waals surface area (Å²) in [4.78, 5) is 24.1. The lowest BCUT2D eigenvalue weighted by molar-refractivity contribution is 0.0690. The molecule has 2 rings (SSSR count). The first-order valence-electron chi connectivity index (χ1n) is 6.02. The van der Waals surface area contributed by atoms with E-state index in [0.717, 1.165) is 0 Å². The molecule has 8 nitrogen and oxygen atoms in total. The molecule has 0 atom stereocenters. The minimum Gasteiger partial charge on any atom is -0.476 e. The van der Waals surface area contributed by atoms with Gasteiger partial charge in [0.15, 0.2) is 5.69 Å². The van der Waals surface area contributed by atoms with E-state index >= 15 is 0 Å². The number of nitrogens with one attached hydrogen (secondary N) is 1. The van der Waals surface area contributed by atoms with Crippen molar-refractivity contribution in [2.45, 2.75) is 25.4 Å². The Balaban J connectivity index is 1.89. The van der Waals surface area contributed by atoms with E-state index in [2.05, 4.69) is 21.5 Å². The van der Waals surface area contributed by atoms with Gasteiger partial charge in [-0.25, -0.2) is 14.3 Å². The second-order valence-electron chi connectivity index (χ2n) is 5.15. The first kappa shape index (κ1) is 13.9. The van der Waals surface area contributed by atoms with Crippen LogP contribution in [0.25, 0.3) is 0 Å². The minimum atomic E-state index is -1.12. The summed E-state index contributed by atoms with van der Waals surface area (Å²) in [5.74, 6) is 1.36. The van der Waals surface area contributed by atoms with Gasteiger partial charge in [0.25, 0.3) is 0 Å². The molecular weight excluding hydrogens is 262 g/mol. The third-order valence-corrected chi connectivity index (χ3v) is 3.03. The van der Waals surface area contributed by atoms with E-state index in [4.69, 9.17) is 11.5 Å². The molecule has 0 radical (unpaired) electrons. The Hall–Kier alpha value is -2.56. The van der Waals surface area contributed by atoms with Crippen LogP contribution in [0.4, 0.5) is 4.79 Å². The Kier molecular flexibility index (Phi) is 3.36. The summed E-state index contributed by atoms with van der Waals surface area (Å²) in [6.45, 7) is 4.35. The lowest BCUT2D eigenvalue weighted by Crippen LogP contribution is -2.57. The molecule has 2 heterocycles. The van der Waals surface area contributed by atoms with Crippen LogP contribution in [0.3, 0.4) is 0 Å². The van der Waals surface area contributed by atoms with Crippen LogP contribution < -0.4 is 5.32 Å². The second kappa shape index (κ2) is 4.85. The van der Waals surface area contributed by atoms with Crippen LogP contribution in [-0.2, 0) is 0 Å². The standard InChI is InChI=1S/C12H15N5O3/c1-4-12(2,3)13-11(20)16-5-8(6-16)17-7-9(10(18)19)14-15-17/h1,7-8H,5-6H2,2-3H3,(H,13,20)(H,18,19). The summed E-state index contributed by atoms with van der Waals surface area (Å²) in [7, 11) is 0. The summed E-state index contributed by atoms with van der Waals surface area (Å²) in [6, 6.07) is -0.307. The highest BCUT2D eigenvalue weighted by atomic mass is 16.4. The predicted octanol–water partition coefficient (Wildman–Crippen LogP) is -0.0456. The molecule has 1 aliphatic rings. The summed E-state index contributed by atoms with van der Waals surface area (Å²) < 4.78 is 1.46. The van der Waals surface area contributed by atoms with Gasteiger partial charge in [0.2, 0.25) is 0 Å². The van der Waals surface area contributed by atoms with Crippen LogP contribution in [0.1, 0.15) is 30.4 Å². The van der Waals surface area contributed by atoms with E-state index in [0.29, 0.717) is 13.1 Å². The third kappa shape index (κ3) is 2.71. The zero-order valence-electron chi connectivity index (χ0n) is 11.2. The number of hydrogen-bond donors (Lipinski definition) is 2. The lowest BCUT2D eigenvalue weighted by Gasteiger charge is -2.40. The maximum Gasteiger partial charge on any atom is 0.358 e. The summed E-state index contributed by atoms with van der Waals surface area (Å²) >= 11 is 0. The van der Waals surface area contributed by atoms with Crippen LogP contribution in [0.15, 0.2) is 6.20 Å². The summed E-state index contributed by atoms with van der Waals surface area (Å²) in [5.41, 5.74) is -0.812. The minimum absolute atomic E-state index is 0.0599. The van der Waals surface area contributed by atoms with Crippen LogP contribution >= 0.6 is 0 Å². The number of urea groups is 1. The van der Waals surface area contributed by atoms with E-state index in [1.165, 1.54) is 10.9 Å². The number of likely N-dealkylation sites (tertiary alicyclic amines) is 1. The number of carbonyl (C=O) groups excluding carboxylic acids is 1. The fraction of sp³-hybridized carbons (Fsp3) is 0.500. The molecule has 1 aromatic heterocycles. The molecule has 0 aliphatic carbocycles. The molecule has 1 saturated heterocycles. The Bertz CT molecular complexity index is 580. The van der Waals surface area contributed by atoms with Gasteiger partial charge >= 0.3 is 12.0 Å². The third-order valence-electron chi connectivity index (χ3n) is 3.03. The topological polar surface area (TPSA) is 100 Å². The van der Waals surface area contributed by atoms with E-state index in [1.807, 2.05) is 0 Å². The van der Waals surface area contributed by atoms with Crippen LogP contribution in [0.2, 0.25) is 0 Å². The molecule has 106 valence electrons. The monoisotopic (exact) mass is 277 g/mol. The number of aromatic nitrogens is 3. The number of nitrogens with zero attached hydrogens (tertiary/aromatic N) is 4. The number of carboxylic acid groups (broad SMARTS) is 1. The molecule has 0 saturated carbocycles. The molecule has 8 heteroatoms. The van der Waals surface area contributed by atoms with Gasteiger partial charge in [-0.3, -0.25) is 0 Å². The molecule has 0 spiro atoms. The van der Waals surface area contributed by atoms with Crippen molar-refractivity contribution in [3.63, 3.8) is 0 Å². The SMILES string of the molecule is C#CC(C)(C)NC(=O)N1CC(n2cc(C(=O)O)nn2)C1. The van der Waals surface area contributed by atoms with Crippen molar-refractivity contribution >= 4 is 12.0 Å². The molecule has 2 N–H and O–H groups in total. The number of terminal acetylenes is 1. The highest BCUT2D eigenvalue weighted by Gasteiger charge is 2.34. The van der Waals surface area contributed by atoms with E-state index in [9.17, 15) is 9.59 Å². The van der Waals surface area contributed by atoms with Crippen molar-refractivity contribution in [2.75, 3.05) is 13.1 Å². The maximum atomic E-state index is 11.9. The summed E-state index contributed by atoms with van der Waals surface area (Å²) in [6.07, 6.45) is 6.66. The van der Waals surface area contributed by atoms with Crippen LogP contribution in [0.5, 0.6) is 0 Å². The van der Waals surface area contributed by atoms with Gasteiger partial charge < -0.3 is 15.3 Å². The number of carboxylic acids is 1. The predicted molar refractivity (Wildman–Crippen MR) is 69.0 cm³/mol. The van der Waals surface area contributed by atoms with Crippen molar-refractivity contribution in [1.29, 1.82) is 0 Å². The average Bonchev–Trinajstić information content (AvgIpc) is 2.75. The second-order valence-corrected chi connectivity index (χ2v) is 5.15. The largest absolute Gasteiger partial charge is 0.476 e. The first-order chi connectivity index (χ1) is 9.32. The van der Waals surface area contributed by atoms with Crippen molar-refractivity contribution in [2.24, 2.45) is 0 Å². The van der Waals surface area contributed by atoms with Gasteiger partial charge in [-0.15, -0.1) is 11.5 Å². The van der Waals surface area contributed by atoms with Gasteiger partial charge in [0, 0.05) is 13.1 Å². The van der Waals surface area contributed by atoms with Gasteiger partial charge in [-0.05, 0) is 13.8 Å². The van der Waals surface area contributed by atoms with Gasteiger partial charge in [0.05, 0.1) is 17.8 Å².